The van der Waals surface area contributed by atoms with Gasteiger partial charge >= 0.3 is 5.97 Å². The predicted molar refractivity (Wildman–Crippen MR) is 80.3 cm³/mol. The summed E-state index contributed by atoms with van der Waals surface area (Å²) < 4.78 is 4.08. The molecule has 0 saturated heterocycles. The Morgan fingerprint density at radius 1 is 1.50 bits per heavy atom. The molecule has 2 N–H and O–H groups in total. The molecule has 0 bridgehead atoms. The number of rotatable bonds is 6. The largest absolute Gasteiger partial charge is 0.480 e. The van der Waals surface area contributed by atoms with Gasteiger partial charge in [0.1, 0.15) is 6.04 Å². The van der Waals surface area contributed by atoms with Gasteiger partial charge in [0.2, 0.25) is 0 Å². The van der Waals surface area contributed by atoms with E-state index in [0.29, 0.717) is 18.0 Å². The van der Waals surface area contributed by atoms with Gasteiger partial charge in [-0.15, -0.1) is 0 Å². The zero-order valence-electron chi connectivity index (χ0n) is 11.0. The Bertz CT molecular complexity index is 600. The number of benzene rings is 1. The minimum absolute atomic E-state index is 0.354. The van der Waals surface area contributed by atoms with Crippen molar-refractivity contribution in [1.82, 2.24) is 9.69 Å². The number of hydrogen-bond donors (Lipinski definition) is 2. The van der Waals surface area contributed by atoms with Crippen molar-refractivity contribution >= 4 is 29.1 Å². The molecule has 0 amide bonds. The van der Waals surface area contributed by atoms with Gasteiger partial charge in [-0.05, 0) is 42.1 Å². The average molecular weight is 311 g/mol. The Kier molecular flexibility index (Phi) is 5.11. The quantitative estimate of drug-likeness (QED) is 0.861. The SMILES string of the molecule is Cc1cnsc1CNC(Cc1ccccc1Cl)C(=O)O. The number of halogens is 1. The highest BCUT2D eigenvalue weighted by Gasteiger charge is 2.19. The molecule has 1 unspecified atom stereocenters. The molecule has 1 aromatic heterocycles. The van der Waals surface area contributed by atoms with Crippen molar-refractivity contribution in [2.75, 3.05) is 0 Å². The number of carbonyl (C=O) groups is 1. The van der Waals surface area contributed by atoms with Gasteiger partial charge in [-0.1, -0.05) is 29.8 Å². The fourth-order valence-corrected chi connectivity index (χ4v) is 2.73. The van der Waals surface area contributed by atoms with E-state index in [4.69, 9.17) is 11.6 Å². The van der Waals surface area contributed by atoms with Crippen molar-refractivity contribution in [1.29, 1.82) is 0 Å². The van der Waals surface area contributed by atoms with Crippen molar-refractivity contribution in [3.05, 3.63) is 51.5 Å². The Morgan fingerprint density at radius 3 is 2.85 bits per heavy atom. The maximum Gasteiger partial charge on any atom is 0.321 e. The minimum atomic E-state index is -0.882. The highest BCUT2D eigenvalue weighted by atomic mass is 35.5. The Hall–Kier alpha value is -1.43. The third kappa shape index (κ3) is 3.79. The minimum Gasteiger partial charge on any atom is -0.480 e. The molecule has 6 heteroatoms. The second kappa shape index (κ2) is 6.83. The first-order valence-corrected chi connectivity index (χ1v) is 7.33. The summed E-state index contributed by atoms with van der Waals surface area (Å²) in [6, 6.07) is 6.63. The van der Waals surface area contributed by atoms with Crippen LogP contribution in [0.3, 0.4) is 0 Å². The average Bonchev–Trinajstić information content (AvgIpc) is 2.82. The van der Waals surface area contributed by atoms with E-state index in [1.54, 1.807) is 12.3 Å². The second-order valence-electron chi connectivity index (χ2n) is 4.50. The number of aromatic nitrogens is 1. The van der Waals surface area contributed by atoms with Crippen LogP contribution < -0.4 is 5.32 Å². The lowest BCUT2D eigenvalue weighted by Crippen LogP contribution is -2.38. The summed E-state index contributed by atoms with van der Waals surface area (Å²) in [6.45, 7) is 2.46. The van der Waals surface area contributed by atoms with Crippen LogP contribution in [0.25, 0.3) is 0 Å². The third-order valence-electron chi connectivity index (χ3n) is 3.04. The normalized spacial score (nSPS) is 12.3. The first kappa shape index (κ1) is 15.0. The molecular weight excluding hydrogens is 296 g/mol. The van der Waals surface area contributed by atoms with E-state index in [1.807, 2.05) is 25.1 Å². The van der Waals surface area contributed by atoms with E-state index in [9.17, 15) is 9.90 Å². The van der Waals surface area contributed by atoms with Crippen LogP contribution in [0.4, 0.5) is 0 Å². The van der Waals surface area contributed by atoms with Crippen LogP contribution in [0.15, 0.2) is 30.5 Å². The van der Waals surface area contributed by atoms with Gasteiger partial charge in [-0.2, -0.15) is 0 Å². The van der Waals surface area contributed by atoms with Crippen molar-refractivity contribution in [3.8, 4) is 0 Å². The number of aryl methyl sites for hydroxylation is 1. The molecule has 4 nitrogen and oxygen atoms in total. The zero-order valence-corrected chi connectivity index (χ0v) is 12.5. The number of carboxylic acids is 1. The molecule has 1 atom stereocenters. The van der Waals surface area contributed by atoms with E-state index in [1.165, 1.54) is 11.5 Å². The lowest BCUT2D eigenvalue weighted by atomic mass is 10.1. The maximum atomic E-state index is 11.3. The fourth-order valence-electron chi connectivity index (χ4n) is 1.83. The molecule has 0 aliphatic rings. The summed E-state index contributed by atoms with van der Waals surface area (Å²) >= 11 is 7.45. The van der Waals surface area contributed by atoms with Crippen LogP contribution in [-0.4, -0.2) is 21.5 Å². The zero-order chi connectivity index (χ0) is 14.5. The van der Waals surface area contributed by atoms with Crippen molar-refractivity contribution in [2.24, 2.45) is 0 Å². The molecular formula is C14H15ClN2O2S. The Balaban J connectivity index is 2.03. The summed E-state index contributed by atoms with van der Waals surface area (Å²) in [4.78, 5) is 12.4. The van der Waals surface area contributed by atoms with Crippen LogP contribution in [0.1, 0.15) is 16.0 Å². The lowest BCUT2D eigenvalue weighted by Gasteiger charge is -2.15. The molecule has 2 rings (SSSR count). The predicted octanol–water partition coefficient (Wildman–Crippen LogP) is 2.89. The number of nitrogens with one attached hydrogen (secondary N) is 1. The van der Waals surface area contributed by atoms with Gasteiger partial charge in [0.05, 0.1) is 0 Å². The van der Waals surface area contributed by atoms with Gasteiger partial charge < -0.3 is 5.11 Å². The van der Waals surface area contributed by atoms with Gasteiger partial charge in [-0.3, -0.25) is 10.1 Å². The summed E-state index contributed by atoms with van der Waals surface area (Å²) in [5.74, 6) is -0.882. The molecule has 1 heterocycles. The van der Waals surface area contributed by atoms with E-state index < -0.39 is 12.0 Å². The number of carboxylic acid groups (broad SMARTS) is 1. The summed E-state index contributed by atoms with van der Waals surface area (Å²) in [5.41, 5.74) is 1.90. The van der Waals surface area contributed by atoms with Gasteiger partial charge in [0.15, 0.2) is 0 Å². The summed E-state index contributed by atoms with van der Waals surface area (Å²) in [6.07, 6.45) is 2.14. The maximum absolute atomic E-state index is 11.3. The standard InChI is InChI=1S/C14H15ClN2O2S/c1-9-7-17-20-13(9)8-16-12(14(18)19)6-10-4-2-3-5-11(10)15/h2-5,7,12,16H,6,8H2,1H3,(H,18,19). The number of nitrogens with zero attached hydrogens (tertiary/aromatic N) is 1. The first-order chi connectivity index (χ1) is 9.58. The Morgan fingerprint density at radius 2 is 2.25 bits per heavy atom. The van der Waals surface area contributed by atoms with Crippen LogP contribution >= 0.6 is 23.1 Å². The fraction of sp³-hybridized carbons (Fsp3) is 0.286. The lowest BCUT2D eigenvalue weighted by molar-refractivity contribution is -0.139. The first-order valence-electron chi connectivity index (χ1n) is 6.17. The van der Waals surface area contributed by atoms with Crippen LogP contribution in [0, 0.1) is 6.92 Å². The highest BCUT2D eigenvalue weighted by Crippen LogP contribution is 2.17. The molecule has 106 valence electrons. The van der Waals surface area contributed by atoms with Crippen molar-refractivity contribution in [2.45, 2.75) is 25.9 Å². The molecule has 0 fully saturated rings. The molecule has 0 radical (unpaired) electrons. The molecule has 0 saturated carbocycles. The topological polar surface area (TPSA) is 62.2 Å². The van der Waals surface area contributed by atoms with E-state index in [-0.39, 0.29) is 0 Å². The Labute approximate surface area is 126 Å². The number of hydrogen-bond acceptors (Lipinski definition) is 4. The van der Waals surface area contributed by atoms with Gasteiger partial charge in [0.25, 0.3) is 0 Å². The molecule has 0 aliphatic heterocycles. The number of aliphatic carboxylic acids is 1. The molecule has 0 aliphatic carbocycles. The van der Waals surface area contributed by atoms with Gasteiger partial charge in [0, 0.05) is 22.6 Å². The van der Waals surface area contributed by atoms with Crippen LogP contribution in [0.5, 0.6) is 0 Å². The van der Waals surface area contributed by atoms with E-state index >= 15 is 0 Å². The van der Waals surface area contributed by atoms with Gasteiger partial charge in [-0.25, -0.2) is 4.37 Å². The summed E-state index contributed by atoms with van der Waals surface area (Å²) in [5, 5.41) is 12.9. The summed E-state index contributed by atoms with van der Waals surface area (Å²) in [7, 11) is 0. The molecule has 20 heavy (non-hydrogen) atoms. The third-order valence-corrected chi connectivity index (χ3v) is 4.30. The monoisotopic (exact) mass is 310 g/mol. The smallest absolute Gasteiger partial charge is 0.321 e. The molecule has 1 aromatic carbocycles. The van der Waals surface area contributed by atoms with Crippen LogP contribution in [-0.2, 0) is 17.8 Å². The van der Waals surface area contributed by atoms with E-state index in [2.05, 4.69) is 9.69 Å². The van der Waals surface area contributed by atoms with Crippen LogP contribution in [0.2, 0.25) is 5.02 Å². The highest BCUT2D eigenvalue weighted by molar-refractivity contribution is 7.05. The second-order valence-corrected chi connectivity index (χ2v) is 5.79. The van der Waals surface area contributed by atoms with Crippen molar-refractivity contribution < 1.29 is 9.90 Å². The van der Waals surface area contributed by atoms with Crippen molar-refractivity contribution in [3.63, 3.8) is 0 Å². The molecule has 0 spiro atoms. The van der Waals surface area contributed by atoms with E-state index in [0.717, 1.165) is 16.0 Å². The molecule has 2 aromatic rings.